The second-order valence-electron chi connectivity index (χ2n) is 4.97. The van der Waals surface area contributed by atoms with Gasteiger partial charge >= 0.3 is 0 Å². The largest absolute Gasteiger partial charge is 0.295 e. The summed E-state index contributed by atoms with van der Waals surface area (Å²) in [6.07, 6.45) is 8.90. The highest BCUT2D eigenvalue weighted by Crippen LogP contribution is 2.38. The van der Waals surface area contributed by atoms with E-state index in [2.05, 4.69) is 19.9 Å². The normalized spacial score (nSPS) is 23.6. The number of carbonyl (C=O) groups excluding carboxylic acids is 1. The predicted octanol–water partition coefficient (Wildman–Crippen LogP) is 3.35. The van der Waals surface area contributed by atoms with Gasteiger partial charge in [-0.2, -0.15) is 0 Å². The Morgan fingerprint density at radius 1 is 1.31 bits per heavy atom. The third kappa shape index (κ3) is 3.75. The van der Waals surface area contributed by atoms with Crippen molar-refractivity contribution >= 4 is 5.78 Å². The highest BCUT2D eigenvalue weighted by Gasteiger charge is 2.25. The molecular weight excluding hydrogens is 160 g/mol. The van der Waals surface area contributed by atoms with Gasteiger partial charge in [0.1, 0.15) is 0 Å². The van der Waals surface area contributed by atoms with Gasteiger partial charge in [-0.1, -0.05) is 19.9 Å². The molecule has 0 aromatic heterocycles. The van der Waals surface area contributed by atoms with Gasteiger partial charge in [0.2, 0.25) is 0 Å². The lowest BCUT2D eigenvalue weighted by Crippen LogP contribution is -2.20. The Bertz CT molecular complexity index is 203. The third-order valence-corrected chi connectivity index (χ3v) is 2.99. The molecule has 0 N–H and O–H groups in total. The molecule has 1 fully saturated rings. The van der Waals surface area contributed by atoms with Gasteiger partial charge < -0.3 is 0 Å². The quantitative estimate of drug-likeness (QED) is 0.596. The minimum absolute atomic E-state index is 0.171. The number of ketones is 1. The molecule has 1 rings (SSSR count). The molecule has 0 heterocycles. The Balaban J connectivity index is 2.37. The van der Waals surface area contributed by atoms with E-state index >= 15 is 0 Å². The minimum Gasteiger partial charge on any atom is -0.295 e. The smallest absolute Gasteiger partial charge is 0.152 e. The molecule has 0 aromatic carbocycles. The number of hydrogen-bond donors (Lipinski definition) is 0. The van der Waals surface area contributed by atoms with Crippen LogP contribution in [0.4, 0.5) is 0 Å². The monoisotopic (exact) mass is 180 g/mol. The van der Waals surface area contributed by atoms with Gasteiger partial charge in [-0.15, -0.1) is 0 Å². The second-order valence-corrected chi connectivity index (χ2v) is 4.97. The summed E-state index contributed by atoms with van der Waals surface area (Å²) < 4.78 is 0. The predicted molar refractivity (Wildman–Crippen MR) is 55.6 cm³/mol. The molecule has 0 aliphatic heterocycles. The van der Waals surface area contributed by atoms with E-state index in [0.717, 1.165) is 0 Å². The Morgan fingerprint density at radius 2 is 1.85 bits per heavy atom. The maximum Gasteiger partial charge on any atom is 0.152 e. The molecule has 0 aromatic rings. The van der Waals surface area contributed by atoms with Crippen LogP contribution in [-0.2, 0) is 4.79 Å². The van der Waals surface area contributed by atoms with Crippen molar-refractivity contribution in [3.8, 4) is 0 Å². The zero-order valence-corrected chi connectivity index (χ0v) is 8.97. The number of hydrogen-bond acceptors (Lipinski definition) is 1. The van der Waals surface area contributed by atoms with E-state index in [0.29, 0.717) is 11.3 Å². The summed E-state index contributed by atoms with van der Waals surface area (Å²) >= 11 is 0. The lowest BCUT2D eigenvalue weighted by molar-refractivity contribution is -0.112. The Morgan fingerprint density at radius 3 is 2.31 bits per heavy atom. The van der Waals surface area contributed by atoms with Crippen molar-refractivity contribution in [3.05, 3.63) is 12.2 Å². The standard InChI is InChI=1S/C12H20O/c1-10(13)4-5-11-6-8-12(2,3)9-7-11/h4-5,11H,6-9H2,1-3H3/b5-4+. The van der Waals surface area contributed by atoms with E-state index in [-0.39, 0.29) is 5.78 Å². The summed E-state index contributed by atoms with van der Waals surface area (Å²) in [5.41, 5.74) is 0.528. The van der Waals surface area contributed by atoms with Crippen molar-refractivity contribution in [2.75, 3.05) is 0 Å². The lowest BCUT2D eigenvalue weighted by Gasteiger charge is -2.32. The first-order chi connectivity index (χ1) is 5.99. The van der Waals surface area contributed by atoms with Crippen molar-refractivity contribution in [2.24, 2.45) is 11.3 Å². The SMILES string of the molecule is CC(=O)/C=C/C1CCC(C)(C)CC1. The van der Waals surface area contributed by atoms with Crippen LogP contribution in [0, 0.1) is 11.3 Å². The van der Waals surface area contributed by atoms with Gasteiger partial charge in [-0.05, 0) is 50.0 Å². The van der Waals surface area contributed by atoms with Gasteiger partial charge in [0.25, 0.3) is 0 Å². The molecule has 0 spiro atoms. The summed E-state index contributed by atoms with van der Waals surface area (Å²) in [7, 11) is 0. The van der Waals surface area contributed by atoms with Crippen LogP contribution in [0.1, 0.15) is 46.5 Å². The van der Waals surface area contributed by atoms with Crippen molar-refractivity contribution in [3.63, 3.8) is 0 Å². The summed E-state index contributed by atoms with van der Waals surface area (Å²) in [6.45, 7) is 6.28. The molecule has 0 amide bonds. The van der Waals surface area contributed by atoms with Crippen molar-refractivity contribution in [1.82, 2.24) is 0 Å². The molecular formula is C12H20O. The van der Waals surface area contributed by atoms with Gasteiger partial charge in [-0.3, -0.25) is 4.79 Å². The highest BCUT2D eigenvalue weighted by atomic mass is 16.1. The van der Waals surface area contributed by atoms with Crippen LogP contribution in [0.3, 0.4) is 0 Å². The maximum atomic E-state index is 10.7. The molecule has 1 saturated carbocycles. The van der Waals surface area contributed by atoms with E-state index in [1.54, 1.807) is 13.0 Å². The van der Waals surface area contributed by atoms with Gasteiger partial charge in [0, 0.05) is 0 Å². The molecule has 0 radical (unpaired) electrons. The second kappa shape index (κ2) is 4.08. The van der Waals surface area contributed by atoms with Crippen LogP contribution in [0.15, 0.2) is 12.2 Å². The average molecular weight is 180 g/mol. The van der Waals surface area contributed by atoms with Crippen LogP contribution in [-0.4, -0.2) is 5.78 Å². The van der Waals surface area contributed by atoms with Gasteiger partial charge in [0.15, 0.2) is 5.78 Å². The van der Waals surface area contributed by atoms with E-state index in [4.69, 9.17) is 0 Å². The Labute approximate surface area is 81.2 Å². The summed E-state index contributed by atoms with van der Waals surface area (Å²) in [6, 6.07) is 0. The zero-order valence-electron chi connectivity index (χ0n) is 8.97. The van der Waals surface area contributed by atoms with Crippen LogP contribution in [0.2, 0.25) is 0 Å². The first-order valence-electron chi connectivity index (χ1n) is 5.18. The van der Waals surface area contributed by atoms with E-state index in [1.165, 1.54) is 25.7 Å². The molecule has 1 aliphatic rings. The fraction of sp³-hybridized carbons (Fsp3) is 0.750. The fourth-order valence-corrected chi connectivity index (χ4v) is 1.89. The molecule has 0 unspecified atom stereocenters. The molecule has 1 heteroatoms. The van der Waals surface area contributed by atoms with Crippen LogP contribution >= 0.6 is 0 Å². The Kier molecular flexibility index (Phi) is 3.29. The van der Waals surface area contributed by atoms with E-state index < -0.39 is 0 Å². The van der Waals surface area contributed by atoms with Crippen LogP contribution in [0.25, 0.3) is 0 Å². The number of carbonyl (C=O) groups is 1. The first-order valence-corrected chi connectivity index (χ1v) is 5.18. The van der Waals surface area contributed by atoms with Gasteiger partial charge in [-0.25, -0.2) is 0 Å². The number of rotatable bonds is 2. The van der Waals surface area contributed by atoms with Crippen molar-refractivity contribution in [2.45, 2.75) is 46.5 Å². The van der Waals surface area contributed by atoms with Crippen LogP contribution < -0.4 is 0 Å². The molecule has 1 nitrogen and oxygen atoms in total. The molecule has 74 valence electrons. The van der Waals surface area contributed by atoms with Crippen LogP contribution in [0.5, 0.6) is 0 Å². The summed E-state index contributed by atoms with van der Waals surface area (Å²) in [5, 5.41) is 0. The Hall–Kier alpha value is -0.590. The first kappa shape index (κ1) is 10.5. The topological polar surface area (TPSA) is 17.1 Å². The fourth-order valence-electron chi connectivity index (χ4n) is 1.89. The molecule has 13 heavy (non-hydrogen) atoms. The summed E-state index contributed by atoms with van der Waals surface area (Å²) in [4.78, 5) is 10.7. The maximum absolute atomic E-state index is 10.7. The molecule has 0 bridgehead atoms. The van der Waals surface area contributed by atoms with Crippen molar-refractivity contribution in [1.29, 1.82) is 0 Å². The molecule has 1 aliphatic carbocycles. The minimum atomic E-state index is 0.171. The van der Waals surface area contributed by atoms with Crippen molar-refractivity contribution < 1.29 is 4.79 Å². The highest BCUT2D eigenvalue weighted by molar-refractivity contribution is 5.87. The van der Waals surface area contributed by atoms with E-state index in [9.17, 15) is 4.79 Å². The zero-order chi connectivity index (χ0) is 9.90. The lowest BCUT2D eigenvalue weighted by atomic mass is 9.73. The molecule has 0 saturated heterocycles. The van der Waals surface area contributed by atoms with E-state index in [1.807, 2.05) is 0 Å². The average Bonchev–Trinajstić information content (AvgIpc) is 2.02. The van der Waals surface area contributed by atoms with Gasteiger partial charge in [0.05, 0.1) is 0 Å². The number of allylic oxidation sites excluding steroid dienone is 2. The summed E-state index contributed by atoms with van der Waals surface area (Å²) in [5.74, 6) is 0.821. The third-order valence-electron chi connectivity index (χ3n) is 2.99. The molecule has 0 atom stereocenters.